The van der Waals surface area contributed by atoms with Crippen LogP contribution in [0.3, 0.4) is 0 Å². The SMILES string of the molecule is C=Cc1ccc(COCc2cc(OCc3cc(OCc4cc(OCc5ccccc5)cc(OCc5ccccc5)c4)cc(OCc4cc(OCc5ccccc5)cc(OCc5ccccc5)c4)c3)cc(OCc3cc(OCc4cc(OCc5ccccc5)cc(OCc5ccccc5)c4)cc(OCc4cc(OCc5ccccc5)cc(OCc5ccccc5)c4)c3)c2)cc1. The summed E-state index contributed by atoms with van der Waals surface area (Å²) in [6.45, 7) is 8.18. The van der Waals surface area contributed by atoms with Crippen LogP contribution < -0.4 is 66.3 Å². The Morgan fingerprint density at radius 3 is 0.403 bits per heavy atom. The standard InChI is InChI=1S/C114H100O15/c1-2-84-43-45-93(46-44-84)68-115-69-94-47-101(124-78-99-57-111(126-80-95-49-103(116-70-85-27-11-3-12-28-85)62-104(50-95)117-71-86-29-13-4-14-30-86)66-112(58-99)127-81-96-51-105(118-72-87-31-15-5-16-32-87)63-106(52-96)119-73-88-33-17-6-18-34-88)61-102(48-94)125-79-100-59-113(128-82-97-53-107(120-74-89-35-19-7-20-36-89)64-108(54-97)121-75-90-37-21-8-22-38-90)67-114(60-100)129-83-98-55-109(122-76-91-39-23-9-24-40-91)65-110(56-98)123-77-92-41-25-10-26-42-92/h2-67H,1,68-83H2. The normalized spacial score (nSPS) is 10.9. The Balaban J connectivity index is 0.700. The quantitative estimate of drug-likeness (QED) is 0.0357. The van der Waals surface area contributed by atoms with Gasteiger partial charge in [0.1, 0.15) is 173 Å². The van der Waals surface area contributed by atoms with Crippen molar-refractivity contribution in [3.63, 3.8) is 0 Å². The highest BCUT2D eigenvalue weighted by molar-refractivity contribution is 5.49. The molecule has 0 saturated carbocycles. The summed E-state index contributed by atoms with van der Waals surface area (Å²) in [6, 6.07) is 130. The molecule has 0 aliphatic heterocycles. The van der Waals surface area contributed by atoms with Crippen LogP contribution in [0.1, 0.15) is 94.6 Å². The number of hydrogen-bond donors (Lipinski definition) is 0. The van der Waals surface area contributed by atoms with E-state index in [0.29, 0.717) is 140 Å². The zero-order valence-electron chi connectivity index (χ0n) is 71.7. The van der Waals surface area contributed by atoms with Gasteiger partial charge in [0.25, 0.3) is 0 Å². The molecular weight excluding hydrogens is 1610 g/mol. The van der Waals surface area contributed by atoms with Gasteiger partial charge in [0.2, 0.25) is 0 Å². The van der Waals surface area contributed by atoms with Crippen LogP contribution in [-0.2, 0) is 110 Å². The van der Waals surface area contributed by atoms with Crippen LogP contribution in [-0.4, -0.2) is 0 Å². The van der Waals surface area contributed by atoms with Crippen LogP contribution in [0, 0.1) is 0 Å². The number of rotatable bonds is 47. The van der Waals surface area contributed by atoms with Crippen molar-refractivity contribution in [2.45, 2.75) is 106 Å². The summed E-state index contributed by atoms with van der Waals surface area (Å²) < 4.78 is 99.4. The highest BCUT2D eigenvalue weighted by Crippen LogP contribution is 2.36. The molecule has 0 unspecified atom stereocenters. The Bertz CT molecular complexity index is 5260. The van der Waals surface area contributed by atoms with Crippen molar-refractivity contribution in [2.75, 3.05) is 0 Å². The molecule has 129 heavy (non-hydrogen) atoms. The van der Waals surface area contributed by atoms with E-state index in [1.54, 1.807) is 0 Å². The van der Waals surface area contributed by atoms with Crippen molar-refractivity contribution in [1.82, 2.24) is 0 Å². The lowest BCUT2D eigenvalue weighted by molar-refractivity contribution is 0.106. The van der Waals surface area contributed by atoms with Crippen molar-refractivity contribution >= 4 is 6.08 Å². The number of hydrogen-bond acceptors (Lipinski definition) is 15. The monoisotopic (exact) mass is 1710 g/mol. The van der Waals surface area contributed by atoms with E-state index in [1.165, 1.54) is 0 Å². The van der Waals surface area contributed by atoms with Crippen LogP contribution in [0.5, 0.6) is 80.5 Å². The van der Waals surface area contributed by atoms with Gasteiger partial charge in [0.15, 0.2) is 0 Å². The Morgan fingerprint density at radius 1 is 0.132 bits per heavy atom. The van der Waals surface area contributed by atoms with Gasteiger partial charge in [-0.2, -0.15) is 0 Å². The van der Waals surface area contributed by atoms with E-state index in [-0.39, 0.29) is 46.2 Å². The average molecular weight is 1710 g/mol. The molecule has 0 bridgehead atoms. The predicted octanol–water partition coefficient (Wildman–Crippen LogP) is 26.2. The van der Waals surface area contributed by atoms with E-state index >= 15 is 0 Å². The lowest BCUT2D eigenvalue weighted by atomic mass is 10.1. The lowest BCUT2D eigenvalue weighted by Gasteiger charge is -2.17. The van der Waals surface area contributed by atoms with Crippen LogP contribution in [0.15, 0.2) is 401 Å². The largest absolute Gasteiger partial charge is 0.489 e. The van der Waals surface area contributed by atoms with Gasteiger partial charge in [-0.05, 0) is 180 Å². The molecule has 15 nitrogen and oxygen atoms in total. The first-order valence-electron chi connectivity index (χ1n) is 43.1. The minimum Gasteiger partial charge on any atom is -0.489 e. The summed E-state index contributed by atoms with van der Waals surface area (Å²) in [4.78, 5) is 0. The first-order chi connectivity index (χ1) is 63.7. The maximum absolute atomic E-state index is 6.94. The Morgan fingerprint density at radius 2 is 0.256 bits per heavy atom. The molecule has 0 atom stereocenters. The molecule has 0 saturated heterocycles. The predicted molar refractivity (Wildman–Crippen MR) is 502 cm³/mol. The molecule has 0 radical (unpaired) electrons. The third-order valence-corrected chi connectivity index (χ3v) is 20.8. The molecule has 0 aliphatic rings. The summed E-state index contributed by atoms with van der Waals surface area (Å²) in [5.41, 5.74) is 15.9. The van der Waals surface area contributed by atoms with Gasteiger partial charge < -0.3 is 71.1 Å². The topological polar surface area (TPSA) is 138 Å². The van der Waals surface area contributed by atoms with Crippen molar-refractivity contribution in [3.8, 4) is 80.5 Å². The van der Waals surface area contributed by atoms with E-state index in [4.69, 9.17) is 71.1 Å². The molecule has 15 heteroatoms. The summed E-state index contributed by atoms with van der Waals surface area (Å²) in [7, 11) is 0. The second kappa shape index (κ2) is 45.9. The first kappa shape index (κ1) is 86.9. The van der Waals surface area contributed by atoms with Crippen LogP contribution in [0.25, 0.3) is 6.08 Å². The van der Waals surface area contributed by atoms with Gasteiger partial charge in [-0.1, -0.05) is 280 Å². The maximum atomic E-state index is 6.94. The Kier molecular flexibility index (Phi) is 30.9. The summed E-state index contributed by atoms with van der Waals surface area (Å²) >= 11 is 0. The van der Waals surface area contributed by atoms with E-state index in [2.05, 4.69) is 6.58 Å². The van der Waals surface area contributed by atoms with Gasteiger partial charge in [-0.3, -0.25) is 0 Å². The Labute approximate surface area is 754 Å². The van der Waals surface area contributed by atoms with Gasteiger partial charge in [0.05, 0.1) is 13.2 Å². The fraction of sp³-hybridized carbons (Fsp3) is 0.140. The molecule has 16 aromatic carbocycles. The molecule has 16 rings (SSSR count). The lowest BCUT2D eigenvalue weighted by Crippen LogP contribution is -2.04. The fourth-order valence-corrected chi connectivity index (χ4v) is 14.1. The van der Waals surface area contributed by atoms with Crippen LogP contribution in [0.2, 0.25) is 0 Å². The molecular formula is C114H100O15. The second-order valence-corrected chi connectivity index (χ2v) is 31.1. The second-order valence-electron chi connectivity index (χ2n) is 31.1. The molecule has 0 fully saturated rings. The third-order valence-electron chi connectivity index (χ3n) is 20.8. The summed E-state index contributed by atoms with van der Waals surface area (Å²) in [5.74, 6) is 8.22. The molecule has 0 aliphatic carbocycles. The highest BCUT2D eigenvalue weighted by atomic mass is 16.5. The van der Waals surface area contributed by atoms with Crippen LogP contribution in [0.4, 0.5) is 0 Å². The van der Waals surface area contributed by atoms with Crippen LogP contribution >= 0.6 is 0 Å². The number of ether oxygens (including phenoxy) is 15. The highest BCUT2D eigenvalue weighted by Gasteiger charge is 2.17. The third kappa shape index (κ3) is 28.2. The zero-order chi connectivity index (χ0) is 87.5. The molecule has 0 aromatic heterocycles. The smallest absolute Gasteiger partial charge is 0.123 e. The summed E-state index contributed by atoms with van der Waals surface area (Å²) in [5, 5.41) is 0. The van der Waals surface area contributed by atoms with Gasteiger partial charge >= 0.3 is 0 Å². The van der Waals surface area contributed by atoms with E-state index in [1.807, 2.05) is 400 Å². The van der Waals surface area contributed by atoms with Crippen molar-refractivity contribution in [3.05, 3.63) is 495 Å². The minimum absolute atomic E-state index is 0.0824. The fourth-order valence-electron chi connectivity index (χ4n) is 14.1. The van der Waals surface area contributed by atoms with Gasteiger partial charge in [-0.15, -0.1) is 0 Å². The number of benzene rings is 16. The zero-order valence-corrected chi connectivity index (χ0v) is 71.7. The first-order valence-corrected chi connectivity index (χ1v) is 43.1. The van der Waals surface area contributed by atoms with E-state index in [9.17, 15) is 0 Å². The molecule has 0 heterocycles. The summed E-state index contributed by atoms with van der Waals surface area (Å²) in [6.07, 6.45) is 1.82. The van der Waals surface area contributed by atoms with Gasteiger partial charge in [-0.25, -0.2) is 0 Å². The van der Waals surface area contributed by atoms with Gasteiger partial charge in [0, 0.05) is 42.5 Å². The van der Waals surface area contributed by atoms with Crippen molar-refractivity contribution < 1.29 is 71.1 Å². The molecule has 0 amide bonds. The molecule has 0 N–H and O–H groups in total. The minimum atomic E-state index is 0.0824. The maximum Gasteiger partial charge on any atom is 0.123 e. The van der Waals surface area contributed by atoms with E-state index < -0.39 is 0 Å². The molecule has 0 spiro atoms. The van der Waals surface area contributed by atoms with E-state index in [0.717, 1.165) is 94.6 Å². The molecule has 646 valence electrons. The average Bonchev–Trinajstić information content (AvgIpc) is 0.858. The Hall–Kier alpha value is -15.6. The van der Waals surface area contributed by atoms with Crippen molar-refractivity contribution in [1.29, 1.82) is 0 Å². The van der Waals surface area contributed by atoms with Crippen molar-refractivity contribution in [2.24, 2.45) is 0 Å². The molecule has 16 aromatic rings.